The summed E-state index contributed by atoms with van der Waals surface area (Å²) in [6, 6.07) is 8.94. The predicted octanol–water partition coefficient (Wildman–Crippen LogP) is 1.76. The van der Waals surface area contributed by atoms with Crippen LogP contribution in [-0.4, -0.2) is 25.7 Å². The van der Waals surface area contributed by atoms with Crippen LogP contribution >= 0.6 is 0 Å². The van der Waals surface area contributed by atoms with Crippen molar-refractivity contribution >= 4 is 10.4 Å². The number of hydrogen-bond acceptors (Lipinski definition) is 5. The Morgan fingerprint density at radius 1 is 1.33 bits per heavy atom. The van der Waals surface area contributed by atoms with Gasteiger partial charge in [-0.1, -0.05) is 28.6 Å². The van der Waals surface area contributed by atoms with Gasteiger partial charge in [0, 0.05) is 6.42 Å². The molecule has 0 aliphatic carbocycles. The van der Waals surface area contributed by atoms with Crippen molar-refractivity contribution in [2.75, 3.05) is 6.61 Å². The molecule has 6 nitrogen and oxygen atoms in total. The topological polar surface area (TPSA) is 82.1 Å². The third-order valence-electron chi connectivity index (χ3n) is 1.86. The van der Waals surface area contributed by atoms with Gasteiger partial charge in [0.05, 0.1) is 0 Å². The fourth-order valence-electron chi connectivity index (χ4n) is 1.19. The molecule has 7 heteroatoms. The van der Waals surface area contributed by atoms with Gasteiger partial charge in [-0.2, -0.15) is 8.42 Å². The van der Waals surface area contributed by atoms with Gasteiger partial charge in [0.2, 0.25) is 0 Å². The lowest BCUT2D eigenvalue weighted by Crippen LogP contribution is -2.23. The molecule has 0 fully saturated rings. The fourth-order valence-corrected chi connectivity index (χ4v) is 1.37. The summed E-state index contributed by atoms with van der Waals surface area (Å²) in [6.07, 6.45) is 1.57. The molecule has 0 amide bonds. The summed E-state index contributed by atoms with van der Waals surface area (Å²) in [5.74, 6) is 0.611. The van der Waals surface area contributed by atoms with Crippen LogP contribution in [0.1, 0.15) is 6.42 Å². The van der Waals surface area contributed by atoms with E-state index in [4.69, 9.17) is 9.29 Å². The van der Waals surface area contributed by atoms with Gasteiger partial charge in [0.1, 0.15) is 18.5 Å². The van der Waals surface area contributed by atoms with Gasteiger partial charge < -0.3 is 4.74 Å². The van der Waals surface area contributed by atoms with E-state index in [1.807, 2.05) is 6.07 Å². The molecule has 1 atom stereocenters. The number of rotatable bonds is 8. The normalized spacial score (nSPS) is 12.9. The molecule has 0 spiro atoms. The van der Waals surface area contributed by atoms with Crippen molar-refractivity contribution < 1.29 is 26.9 Å². The smallest absolute Gasteiger partial charge is 0.424 e. The monoisotopic (exact) mass is 274 g/mol. The molecule has 1 aromatic carbocycles. The molecule has 0 aliphatic rings. The average molecular weight is 274 g/mol. The number of hydrogen-bond donors (Lipinski definition) is 1. The minimum Gasteiger partial charge on any atom is -0.488 e. The van der Waals surface area contributed by atoms with Crippen LogP contribution in [0.25, 0.3) is 0 Å². The molecule has 1 unspecified atom stereocenters. The third kappa shape index (κ3) is 6.36. The molecule has 0 bridgehead atoms. The van der Waals surface area contributed by atoms with Gasteiger partial charge in [-0.05, 0) is 12.1 Å². The van der Waals surface area contributed by atoms with Crippen LogP contribution in [0.15, 0.2) is 43.0 Å². The summed E-state index contributed by atoms with van der Waals surface area (Å²) in [4.78, 5) is 4.37. The van der Waals surface area contributed by atoms with Crippen molar-refractivity contribution in [3.8, 4) is 5.75 Å². The Kier molecular flexibility index (Phi) is 5.79. The highest BCUT2D eigenvalue weighted by Crippen LogP contribution is 2.13. The Bertz CT molecular complexity index is 456. The highest BCUT2D eigenvalue weighted by Gasteiger charge is 2.13. The van der Waals surface area contributed by atoms with E-state index < -0.39 is 16.5 Å². The number of para-hydroxylation sites is 1. The van der Waals surface area contributed by atoms with E-state index in [9.17, 15) is 8.42 Å². The molecule has 0 saturated heterocycles. The molecular formula is C11H14O6S. The Labute approximate surface area is 106 Å². The maximum Gasteiger partial charge on any atom is 0.424 e. The standard InChI is InChI=1S/C11H14O6S/c1-2-6-11(9-15-17-18(12,13)14)16-10-7-4-3-5-8-10/h2-5,7-8,11H,1,6,9H2,(H,12,13,14). The molecule has 0 aliphatic heterocycles. The Morgan fingerprint density at radius 3 is 2.56 bits per heavy atom. The SMILES string of the molecule is C=CCC(COOS(=O)(=O)O)Oc1ccccc1. The van der Waals surface area contributed by atoms with Crippen LogP contribution in [0, 0.1) is 0 Å². The van der Waals surface area contributed by atoms with E-state index >= 15 is 0 Å². The Balaban J connectivity index is 2.47. The van der Waals surface area contributed by atoms with Gasteiger partial charge in [-0.25, -0.2) is 4.89 Å². The van der Waals surface area contributed by atoms with E-state index in [1.165, 1.54) is 0 Å². The predicted molar refractivity (Wildman–Crippen MR) is 64.3 cm³/mol. The van der Waals surface area contributed by atoms with Gasteiger partial charge in [0.15, 0.2) is 0 Å². The van der Waals surface area contributed by atoms with Crippen LogP contribution in [0.2, 0.25) is 0 Å². The van der Waals surface area contributed by atoms with Crippen molar-refractivity contribution in [3.63, 3.8) is 0 Å². The molecule has 0 aromatic heterocycles. The van der Waals surface area contributed by atoms with Gasteiger partial charge >= 0.3 is 10.4 Å². The van der Waals surface area contributed by atoms with E-state index in [-0.39, 0.29) is 6.61 Å². The zero-order valence-corrected chi connectivity index (χ0v) is 10.4. The van der Waals surface area contributed by atoms with Gasteiger partial charge in [-0.3, -0.25) is 4.55 Å². The molecule has 100 valence electrons. The molecule has 0 heterocycles. The first-order valence-electron chi connectivity index (χ1n) is 5.12. The van der Waals surface area contributed by atoms with Crippen LogP contribution in [0.5, 0.6) is 5.75 Å². The average Bonchev–Trinajstić information content (AvgIpc) is 2.29. The summed E-state index contributed by atoms with van der Waals surface area (Å²) in [5.41, 5.74) is 0. The first-order valence-corrected chi connectivity index (χ1v) is 6.49. The Hall–Kier alpha value is -1.41. The second-order valence-corrected chi connectivity index (χ2v) is 4.35. The van der Waals surface area contributed by atoms with E-state index in [0.717, 1.165) is 0 Å². The lowest BCUT2D eigenvalue weighted by atomic mass is 10.2. The minimum absolute atomic E-state index is 0.166. The lowest BCUT2D eigenvalue weighted by molar-refractivity contribution is -0.221. The number of ether oxygens (including phenoxy) is 1. The van der Waals surface area contributed by atoms with Crippen LogP contribution in [0.3, 0.4) is 0 Å². The number of benzene rings is 1. The van der Waals surface area contributed by atoms with Crippen molar-refractivity contribution in [2.45, 2.75) is 12.5 Å². The first kappa shape index (κ1) is 14.7. The van der Waals surface area contributed by atoms with E-state index in [1.54, 1.807) is 30.3 Å². The van der Waals surface area contributed by atoms with Crippen molar-refractivity contribution in [2.24, 2.45) is 0 Å². The lowest BCUT2D eigenvalue weighted by Gasteiger charge is -2.16. The zero-order valence-electron chi connectivity index (χ0n) is 9.56. The molecule has 0 radical (unpaired) electrons. The molecule has 1 aromatic rings. The van der Waals surface area contributed by atoms with Crippen LogP contribution in [0.4, 0.5) is 0 Å². The quantitative estimate of drug-likeness (QED) is 0.336. The van der Waals surface area contributed by atoms with Crippen molar-refractivity contribution in [1.29, 1.82) is 0 Å². The molecule has 18 heavy (non-hydrogen) atoms. The highest BCUT2D eigenvalue weighted by molar-refractivity contribution is 7.80. The second kappa shape index (κ2) is 7.12. The van der Waals surface area contributed by atoms with E-state index in [2.05, 4.69) is 15.8 Å². The minimum atomic E-state index is -4.61. The van der Waals surface area contributed by atoms with Gasteiger partial charge in [-0.15, -0.1) is 6.58 Å². The summed E-state index contributed by atoms with van der Waals surface area (Å²) in [6.45, 7) is 3.39. The second-order valence-electron chi connectivity index (χ2n) is 3.36. The fraction of sp³-hybridized carbons (Fsp3) is 0.273. The van der Waals surface area contributed by atoms with Crippen molar-refractivity contribution in [1.82, 2.24) is 0 Å². The van der Waals surface area contributed by atoms with E-state index in [0.29, 0.717) is 12.2 Å². The molecule has 1 N–H and O–H groups in total. The van der Waals surface area contributed by atoms with Crippen molar-refractivity contribution in [3.05, 3.63) is 43.0 Å². The zero-order chi connectivity index (χ0) is 13.4. The van der Waals surface area contributed by atoms with Crippen LogP contribution < -0.4 is 4.74 Å². The van der Waals surface area contributed by atoms with Crippen LogP contribution in [-0.2, 0) is 19.6 Å². The summed E-state index contributed by atoms with van der Waals surface area (Å²) in [7, 11) is -4.61. The summed E-state index contributed by atoms with van der Waals surface area (Å²) < 4.78 is 38.1. The molecular weight excluding hydrogens is 260 g/mol. The largest absolute Gasteiger partial charge is 0.488 e. The maximum atomic E-state index is 10.3. The molecule has 1 rings (SSSR count). The first-order chi connectivity index (χ1) is 8.51. The Morgan fingerprint density at radius 2 is 2.00 bits per heavy atom. The summed E-state index contributed by atoms with van der Waals surface area (Å²) >= 11 is 0. The molecule has 0 saturated carbocycles. The third-order valence-corrected chi connectivity index (χ3v) is 2.13. The highest BCUT2D eigenvalue weighted by atomic mass is 32.3. The summed E-state index contributed by atoms with van der Waals surface area (Å²) in [5, 5.41) is 0. The van der Waals surface area contributed by atoms with Gasteiger partial charge in [0.25, 0.3) is 0 Å². The maximum absolute atomic E-state index is 10.3.